The Kier molecular flexibility index (Phi) is 2.86. The smallest absolute Gasteiger partial charge is 0.0662 e. The molecule has 1 aliphatic heterocycles. The van der Waals surface area contributed by atoms with Crippen molar-refractivity contribution in [2.75, 3.05) is 19.6 Å². The van der Waals surface area contributed by atoms with Crippen LogP contribution in [0.2, 0.25) is 0 Å². The van der Waals surface area contributed by atoms with Crippen LogP contribution in [0.1, 0.15) is 32.1 Å². The number of rotatable bonds is 4. The van der Waals surface area contributed by atoms with Crippen LogP contribution in [0.3, 0.4) is 0 Å². The first kappa shape index (κ1) is 9.44. The zero-order chi connectivity index (χ0) is 9.15. The monoisotopic (exact) mass is 184 g/mol. The highest BCUT2D eigenvalue weighted by Gasteiger charge is 2.39. The first-order chi connectivity index (χ1) is 6.29. The van der Waals surface area contributed by atoms with Crippen LogP contribution >= 0.6 is 0 Å². The van der Waals surface area contributed by atoms with Crippen molar-refractivity contribution >= 4 is 0 Å². The molecule has 1 aliphatic carbocycles. The Labute approximate surface area is 79.9 Å². The predicted molar refractivity (Wildman–Crippen MR) is 52.7 cm³/mol. The highest BCUT2D eigenvalue weighted by Crippen LogP contribution is 2.37. The Balaban J connectivity index is 1.56. The summed E-state index contributed by atoms with van der Waals surface area (Å²) in [6, 6.07) is 0.635. The molecule has 2 fully saturated rings. The zero-order valence-corrected chi connectivity index (χ0v) is 8.18. The molecular formula is C10H20N2O. The maximum Gasteiger partial charge on any atom is 0.0662 e. The molecule has 76 valence electrons. The summed E-state index contributed by atoms with van der Waals surface area (Å²) in [6.07, 6.45) is 5.52. The predicted octanol–water partition coefficient (Wildman–Crippen LogP) is 0.243. The fourth-order valence-electron chi connectivity index (χ4n) is 1.93. The first-order valence-electron chi connectivity index (χ1n) is 5.45. The van der Waals surface area contributed by atoms with Crippen LogP contribution < -0.4 is 10.6 Å². The molecule has 1 saturated carbocycles. The third-order valence-corrected chi connectivity index (χ3v) is 3.15. The van der Waals surface area contributed by atoms with Crippen LogP contribution in [0.5, 0.6) is 0 Å². The van der Waals surface area contributed by atoms with Crippen molar-refractivity contribution < 1.29 is 5.11 Å². The van der Waals surface area contributed by atoms with Crippen molar-refractivity contribution in [3.63, 3.8) is 0 Å². The molecule has 3 heteroatoms. The van der Waals surface area contributed by atoms with Gasteiger partial charge in [-0.15, -0.1) is 0 Å². The molecule has 3 nitrogen and oxygen atoms in total. The van der Waals surface area contributed by atoms with Gasteiger partial charge in [0.05, 0.1) is 5.60 Å². The van der Waals surface area contributed by atoms with Crippen LogP contribution in [0.15, 0.2) is 0 Å². The van der Waals surface area contributed by atoms with E-state index in [0.29, 0.717) is 6.04 Å². The van der Waals surface area contributed by atoms with E-state index < -0.39 is 0 Å². The molecule has 0 bridgehead atoms. The second-order valence-corrected chi connectivity index (χ2v) is 4.47. The minimum Gasteiger partial charge on any atom is -0.390 e. The molecule has 2 aliphatic rings. The van der Waals surface area contributed by atoms with E-state index >= 15 is 0 Å². The lowest BCUT2D eigenvalue weighted by Crippen LogP contribution is -2.43. The van der Waals surface area contributed by atoms with Gasteiger partial charge in [0.25, 0.3) is 0 Å². The minimum atomic E-state index is -0.283. The normalized spacial score (nSPS) is 31.6. The Morgan fingerprint density at radius 3 is 2.92 bits per heavy atom. The van der Waals surface area contributed by atoms with Gasteiger partial charge < -0.3 is 15.7 Å². The number of hydrogen-bond acceptors (Lipinski definition) is 3. The number of piperidine rings is 1. The Morgan fingerprint density at radius 2 is 2.31 bits per heavy atom. The summed E-state index contributed by atoms with van der Waals surface area (Å²) in [5, 5.41) is 16.5. The molecule has 13 heavy (non-hydrogen) atoms. The van der Waals surface area contributed by atoms with Gasteiger partial charge in [-0.05, 0) is 45.2 Å². The van der Waals surface area contributed by atoms with Crippen LogP contribution in [0, 0.1) is 0 Å². The van der Waals surface area contributed by atoms with Gasteiger partial charge in [0, 0.05) is 12.6 Å². The zero-order valence-electron chi connectivity index (χ0n) is 8.18. The molecule has 0 aromatic rings. The number of hydrogen-bond donors (Lipinski definition) is 3. The van der Waals surface area contributed by atoms with E-state index in [9.17, 15) is 5.11 Å². The van der Waals surface area contributed by atoms with Gasteiger partial charge in [-0.3, -0.25) is 0 Å². The average molecular weight is 184 g/mol. The van der Waals surface area contributed by atoms with Crippen molar-refractivity contribution in [2.45, 2.75) is 43.7 Å². The Hall–Kier alpha value is -0.120. The lowest BCUT2D eigenvalue weighted by atomic mass is 10.1. The summed E-state index contributed by atoms with van der Waals surface area (Å²) in [4.78, 5) is 0. The molecule has 2 rings (SSSR count). The van der Waals surface area contributed by atoms with Gasteiger partial charge in [0.15, 0.2) is 0 Å². The number of aliphatic hydroxyl groups is 1. The summed E-state index contributed by atoms with van der Waals surface area (Å²) < 4.78 is 0. The summed E-state index contributed by atoms with van der Waals surface area (Å²) in [7, 11) is 0. The van der Waals surface area contributed by atoms with Crippen LogP contribution in [-0.4, -0.2) is 36.4 Å². The van der Waals surface area contributed by atoms with Gasteiger partial charge in [-0.1, -0.05) is 0 Å². The van der Waals surface area contributed by atoms with Crippen LogP contribution in [0.25, 0.3) is 0 Å². The molecule has 0 aromatic carbocycles. The first-order valence-corrected chi connectivity index (χ1v) is 5.45. The molecular weight excluding hydrogens is 164 g/mol. The van der Waals surface area contributed by atoms with E-state index in [1.807, 2.05) is 0 Å². The second-order valence-electron chi connectivity index (χ2n) is 4.47. The highest BCUT2D eigenvalue weighted by molar-refractivity contribution is 4.93. The maximum absolute atomic E-state index is 9.60. The lowest BCUT2D eigenvalue weighted by molar-refractivity contribution is 0.138. The molecule has 1 atom stereocenters. The topological polar surface area (TPSA) is 44.3 Å². The van der Waals surface area contributed by atoms with E-state index in [4.69, 9.17) is 0 Å². The van der Waals surface area contributed by atoms with Gasteiger partial charge in [-0.2, -0.15) is 0 Å². The summed E-state index contributed by atoms with van der Waals surface area (Å²) >= 11 is 0. The van der Waals surface area contributed by atoms with Gasteiger partial charge in [0.2, 0.25) is 0 Å². The van der Waals surface area contributed by atoms with Gasteiger partial charge in [-0.25, -0.2) is 0 Å². The lowest BCUT2D eigenvalue weighted by Gasteiger charge is -2.24. The van der Waals surface area contributed by atoms with Gasteiger partial charge >= 0.3 is 0 Å². The Bertz CT molecular complexity index is 162. The molecule has 0 aromatic heterocycles. The van der Waals surface area contributed by atoms with E-state index in [1.54, 1.807) is 0 Å². The molecule has 1 unspecified atom stereocenters. The molecule has 1 heterocycles. The fourth-order valence-corrected chi connectivity index (χ4v) is 1.93. The summed E-state index contributed by atoms with van der Waals surface area (Å²) in [5.74, 6) is 0. The molecule has 0 spiro atoms. The van der Waals surface area contributed by atoms with Crippen molar-refractivity contribution in [1.29, 1.82) is 0 Å². The maximum atomic E-state index is 9.60. The van der Waals surface area contributed by atoms with Crippen LogP contribution in [0.4, 0.5) is 0 Å². The quantitative estimate of drug-likeness (QED) is 0.586. The number of nitrogens with one attached hydrogen (secondary N) is 2. The summed E-state index contributed by atoms with van der Waals surface area (Å²) in [6.45, 7) is 3.24. The van der Waals surface area contributed by atoms with Gasteiger partial charge in [0.1, 0.15) is 0 Å². The van der Waals surface area contributed by atoms with Crippen molar-refractivity contribution in [3.8, 4) is 0 Å². The highest BCUT2D eigenvalue weighted by atomic mass is 16.3. The van der Waals surface area contributed by atoms with Crippen molar-refractivity contribution in [2.24, 2.45) is 0 Å². The molecule has 0 amide bonds. The van der Waals surface area contributed by atoms with E-state index in [2.05, 4.69) is 10.6 Å². The largest absolute Gasteiger partial charge is 0.390 e. The van der Waals surface area contributed by atoms with Crippen molar-refractivity contribution in [1.82, 2.24) is 10.6 Å². The second kappa shape index (κ2) is 3.95. The average Bonchev–Trinajstić information content (AvgIpc) is 2.86. The van der Waals surface area contributed by atoms with Crippen LogP contribution in [-0.2, 0) is 0 Å². The summed E-state index contributed by atoms with van der Waals surface area (Å²) in [5.41, 5.74) is -0.283. The molecule has 1 saturated heterocycles. The fraction of sp³-hybridized carbons (Fsp3) is 1.00. The third-order valence-electron chi connectivity index (χ3n) is 3.15. The van der Waals surface area contributed by atoms with E-state index in [0.717, 1.165) is 32.4 Å². The molecule has 0 radical (unpaired) electrons. The standard InChI is InChI=1S/C10H20N2O/c13-10(3-4-10)5-7-12-9-2-1-6-11-8-9/h9,11-13H,1-8H2. The third kappa shape index (κ3) is 2.93. The SMILES string of the molecule is OC1(CCNC2CCCNC2)CC1. The van der Waals surface area contributed by atoms with E-state index in [-0.39, 0.29) is 5.60 Å². The Morgan fingerprint density at radius 1 is 1.46 bits per heavy atom. The van der Waals surface area contributed by atoms with Crippen molar-refractivity contribution in [3.05, 3.63) is 0 Å². The minimum absolute atomic E-state index is 0.283. The van der Waals surface area contributed by atoms with E-state index in [1.165, 1.54) is 19.4 Å². The molecule has 3 N–H and O–H groups in total.